The summed E-state index contributed by atoms with van der Waals surface area (Å²) < 4.78 is 14.6. The molecule has 2 unspecified atom stereocenters. The average Bonchev–Trinajstić information content (AvgIpc) is 1.85. The summed E-state index contributed by atoms with van der Waals surface area (Å²) >= 11 is 0. The highest BCUT2D eigenvalue weighted by molar-refractivity contribution is 7.84. The number of esters is 1. The van der Waals surface area contributed by atoms with Gasteiger partial charge in [0.2, 0.25) is 0 Å². The first-order valence-electron chi connectivity index (χ1n) is 2.64. The fourth-order valence-corrected chi connectivity index (χ4v) is 1.01. The van der Waals surface area contributed by atoms with Gasteiger partial charge < -0.3 is 9.84 Å². The van der Waals surface area contributed by atoms with Gasteiger partial charge in [0.05, 0.1) is 12.9 Å². The number of rotatable bonds is 3. The number of carbonyl (C=O) groups is 1. The van der Waals surface area contributed by atoms with Gasteiger partial charge in [0, 0.05) is 17.1 Å². The topological polar surface area (TPSA) is 63.6 Å². The number of methoxy groups -OCH3 is 1. The molecule has 0 amide bonds. The van der Waals surface area contributed by atoms with E-state index < -0.39 is 22.9 Å². The minimum Gasteiger partial charge on any atom is -0.467 e. The summed E-state index contributed by atoms with van der Waals surface area (Å²) in [7, 11) is 0.00209. The Morgan fingerprint density at radius 2 is 2.30 bits per heavy atom. The molecule has 2 atom stereocenters. The monoisotopic (exact) mass is 166 g/mol. The average molecular weight is 166 g/mol. The van der Waals surface area contributed by atoms with E-state index in [0.717, 1.165) is 0 Å². The molecule has 0 aromatic carbocycles. The van der Waals surface area contributed by atoms with Gasteiger partial charge >= 0.3 is 5.97 Å². The Hall–Kier alpha value is -0.420. The van der Waals surface area contributed by atoms with Crippen LogP contribution in [0.4, 0.5) is 0 Å². The highest BCUT2D eigenvalue weighted by Gasteiger charge is 2.15. The Balaban J connectivity index is 3.72. The van der Waals surface area contributed by atoms with Gasteiger partial charge in [-0.3, -0.25) is 4.21 Å². The summed E-state index contributed by atoms with van der Waals surface area (Å²) in [6, 6.07) is 0. The van der Waals surface area contributed by atoms with E-state index in [4.69, 9.17) is 5.11 Å². The number of hydrogen-bond donors (Lipinski definition) is 1. The van der Waals surface area contributed by atoms with Gasteiger partial charge in [-0.15, -0.1) is 0 Å². The van der Waals surface area contributed by atoms with Crippen molar-refractivity contribution in [1.29, 1.82) is 0 Å². The van der Waals surface area contributed by atoms with E-state index >= 15 is 0 Å². The van der Waals surface area contributed by atoms with Crippen molar-refractivity contribution in [1.82, 2.24) is 0 Å². The number of aliphatic hydroxyl groups excluding tert-OH is 1. The molecule has 5 heteroatoms. The van der Waals surface area contributed by atoms with E-state index in [2.05, 4.69) is 4.74 Å². The molecule has 4 nitrogen and oxygen atoms in total. The van der Waals surface area contributed by atoms with Crippen LogP contribution >= 0.6 is 0 Å². The van der Waals surface area contributed by atoms with Crippen LogP contribution in [0, 0.1) is 0 Å². The van der Waals surface area contributed by atoms with Crippen LogP contribution in [0.1, 0.15) is 0 Å². The third-order valence-electron chi connectivity index (χ3n) is 0.866. The standard InChI is InChI=1S/C5H10O4S/c1-9-5(7)4(6)3-10(2)8/h4,6H,3H2,1-2H3. The molecule has 10 heavy (non-hydrogen) atoms. The van der Waals surface area contributed by atoms with Crippen molar-refractivity contribution in [3.05, 3.63) is 0 Å². The first kappa shape index (κ1) is 9.58. The van der Waals surface area contributed by atoms with E-state index in [-0.39, 0.29) is 5.75 Å². The van der Waals surface area contributed by atoms with Gasteiger partial charge in [-0.05, 0) is 0 Å². The molecule has 0 aromatic rings. The maximum atomic E-state index is 10.4. The summed E-state index contributed by atoms with van der Waals surface area (Å²) in [5, 5.41) is 8.82. The molecular formula is C5H10O4S. The van der Waals surface area contributed by atoms with E-state index in [1.807, 2.05) is 0 Å². The van der Waals surface area contributed by atoms with Crippen LogP contribution in [0.25, 0.3) is 0 Å². The molecule has 0 fully saturated rings. The molecule has 0 aliphatic rings. The highest BCUT2D eigenvalue weighted by Crippen LogP contribution is 1.88. The zero-order valence-corrected chi connectivity index (χ0v) is 6.68. The summed E-state index contributed by atoms with van der Waals surface area (Å²) in [5.74, 6) is -0.803. The summed E-state index contributed by atoms with van der Waals surface area (Å²) in [4.78, 5) is 10.4. The van der Waals surface area contributed by atoms with Gasteiger partial charge in [0.15, 0.2) is 6.10 Å². The highest BCUT2D eigenvalue weighted by atomic mass is 32.2. The van der Waals surface area contributed by atoms with Crippen LogP contribution in [0.15, 0.2) is 0 Å². The second-order valence-electron chi connectivity index (χ2n) is 1.78. The lowest BCUT2D eigenvalue weighted by Crippen LogP contribution is -2.27. The van der Waals surface area contributed by atoms with E-state index in [1.54, 1.807) is 0 Å². The van der Waals surface area contributed by atoms with Crippen LogP contribution in [0.3, 0.4) is 0 Å². The molecule has 1 N–H and O–H groups in total. The third kappa shape index (κ3) is 3.58. The SMILES string of the molecule is COC(=O)C(O)CS(C)=O. The summed E-state index contributed by atoms with van der Waals surface area (Å²) in [5.41, 5.74) is 0. The van der Waals surface area contributed by atoms with Crippen LogP contribution in [-0.4, -0.2) is 40.5 Å². The fourth-order valence-electron chi connectivity index (χ4n) is 0.426. The fraction of sp³-hybridized carbons (Fsp3) is 0.800. The first-order chi connectivity index (χ1) is 4.57. The largest absolute Gasteiger partial charge is 0.467 e. The maximum absolute atomic E-state index is 10.4. The molecular weight excluding hydrogens is 156 g/mol. The van der Waals surface area contributed by atoms with Crippen molar-refractivity contribution in [2.24, 2.45) is 0 Å². The predicted molar refractivity (Wildman–Crippen MR) is 37.0 cm³/mol. The van der Waals surface area contributed by atoms with Gasteiger partial charge in [-0.25, -0.2) is 4.79 Å². The molecule has 0 saturated carbocycles. The molecule has 0 rings (SSSR count). The first-order valence-corrected chi connectivity index (χ1v) is 4.36. The lowest BCUT2D eigenvalue weighted by molar-refractivity contribution is -0.149. The summed E-state index contributed by atoms with van der Waals surface area (Å²) in [6.07, 6.45) is 0.155. The predicted octanol–water partition coefficient (Wildman–Crippen LogP) is -1.10. The Morgan fingerprint density at radius 3 is 2.60 bits per heavy atom. The number of ether oxygens (including phenoxy) is 1. The molecule has 0 spiro atoms. The van der Waals surface area contributed by atoms with Crippen LogP contribution < -0.4 is 0 Å². The Morgan fingerprint density at radius 1 is 1.80 bits per heavy atom. The zero-order valence-electron chi connectivity index (χ0n) is 5.86. The molecule has 0 aliphatic carbocycles. The Bertz CT molecular complexity index is 145. The van der Waals surface area contributed by atoms with Crippen molar-refractivity contribution in [2.75, 3.05) is 19.1 Å². The van der Waals surface area contributed by atoms with Crippen molar-refractivity contribution in [3.63, 3.8) is 0 Å². The van der Waals surface area contributed by atoms with Crippen molar-refractivity contribution in [3.8, 4) is 0 Å². The minimum atomic E-state index is -1.25. The zero-order chi connectivity index (χ0) is 8.15. The lowest BCUT2D eigenvalue weighted by atomic mass is 10.4. The second kappa shape index (κ2) is 4.40. The van der Waals surface area contributed by atoms with E-state index in [0.29, 0.717) is 0 Å². The Kier molecular flexibility index (Phi) is 4.22. The smallest absolute Gasteiger partial charge is 0.335 e. The van der Waals surface area contributed by atoms with Gasteiger partial charge in [-0.2, -0.15) is 0 Å². The van der Waals surface area contributed by atoms with Gasteiger partial charge in [0.25, 0.3) is 0 Å². The molecule has 0 heterocycles. The molecule has 0 radical (unpaired) electrons. The van der Waals surface area contributed by atoms with Crippen molar-refractivity contribution in [2.45, 2.75) is 6.10 Å². The maximum Gasteiger partial charge on any atom is 0.335 e. The number of aliphatic hydroxyl groups is 1. The quantitative estimate of drug-likeness (QED) is 0.540. The van der Waals surface area contributed by atoms with E-state index in [1.165, 1.54) is 13.4 Å². The minimum absolute atomic E-state index is 0.0628. The van der Waals surface area contributed by atoms with Gasteiger partial charge in [-0.1, -0.05) is 0 Å². The van der Waals surface area contributed by atoms with Crippen molar-refractivity contribution < 1.29 is 18.8 Å². The van der Waals surface area contributed by atoms with Crippen molar-refractivity contribution >= 4 is 16.8 Å². The molecule has 0 aliphatic heterocycles. The molecule has 60 valence electrons. The van der Waals surface area contributed by atoms with Crippen LogP contribution in [-0.2, 0) is 20.3 Å². The summed E-state index contributed by atoms with van der Waals surface area (Å²) in [6.45, 7) is 0. The molecule has 0 aromatic heterocycles. The lowest BCUT2D eigenvalue weighted by Gasteiger charge is -2.04. The second-order valence-corrected chi connectivity index (χ2v) is 3.26. The Labute approximate surface area is 61.6 Å². The van der Waals surface area contributed by atoms with E-state index in [9.17, 15) is 9.00 Å². The number of carbonyl (C=O) groups excluding carboxylic acids is 1. The van der Waals surface area contributed by atoms with Crippen LogP contribution in [0.2, 0.25) is 0 Å². The van der Waals surface area contributed by atoms with Gasteiger partial charge in [0.1, 0.15) is 0 Å². The normalized spacial score (nSPS) is 15.9. The number of hydrogen-bond acceptors (Lipinski definition) is 4. The van der Waals surface area contributed by atoms with Crippen LogP contribution in [0.5, 0.6) is 0 Å². The molecule has 0 bridgehead atoms. The third-order valence-corrected chi connectivity index (χ3v) is 1.65. The molecule has 0 saturated heterocycles.